The van der Waals surface area contributed by atoms with E-state index in [1.54, 1.807) is 6.92 Å². The zero-order valence-corrected chi connectivity index (χ0v) is 11.6. The summed E-state index contributed by atoms with van der Waals surface area (Å²) in [6.07, 6.45) is 1.60. The molecule has 0 N–H and O–H groups in total. The summed E-state index contributed by atoms with van der Waals surface area (Å²) in [4.78, 5) is 0.168. The highest BCUT2D eigenvalue weighted by Gasteiger charge is 2.35. The molecule has 0 aliphatic carbocycles. The van der Waals surface area contributed by atoms with Crippen LogP contribution in [0.1, 0.15) is 18.4 Å². The SMILES string of the molecule is Cc1cc(F)ccc1S(=O)(=O)N1CCC[C@H]1CCl. The van der Waals surface area contributed by atoms with Gasteiger partial charge in [-0.25, -0.2) is 12.8 Å². The van der Waals surface area contributed by atoms with E-state index in [-0.39, 0.29) is 10.9 Å². The van der Waals surface area contributed by atoms with Crippen molar-refractivity contribution in [2.24, 2.45) is 0 Å². The van der Waals surface area contributed by atoms with E-state index in [0.717, 1.165) is 12.8 Å². The van der Waals surface area contributed by atoms with Crippen molar-refractivity contribution in [3.63, 3.8) is 0 Å². The number of rotatable bonds is 3. The molecule has 1 aliphatic rings. The molecule has 1 aromatic rings. The molecule has 0 aromatic heterocycles. The molecule has 0 unspecified atom stereocenters. The van der Waals surface area contributed by atoms with Crippen LogP contribution in [0.2, 0.25) is 0 Å². The molecule has 2 rings (SSSR count). The summed E-state index contributed by atoms with van der Waals surface area (Å²) in [5, 5.41) is 0. The maximum Gasteiger partial charge on any atom is 0.243 e. The van der Waals surface area contributed by atoms with Crippen LogP contribution in [0.25, 0.3) is 0 Å². The molecular weight excluding hydrogens is 277 g/mol. The van der Waals surface area contributed by atoms with E-state index in [1.165, 1.54) is 22.5 Å². The smallest absolute Gasteiger partial charge is 0.207 e. The first-order chi connectivity index (χ1) is 8.46. The summed E-state index contributed by atoms with van der Waals surface area (Å²) in [6.45, 7) is 2.08. The van der Waals surface area contributed by atoms with Crippen molar-refractivity contribution in [2.75, 3.05) is 12.4 Å². The van der Waals surface area contributed by atoms with Crippen molar-refractivity contribution in [1.82, 2.24) is 4.31 Å². The summed E-state index contributed by atoms with van der Waals surface area (Å²) in [5.41, 5.74) is 0.426. The number of aryl methyl sites for hydroxylation is 1. The molecule has 3 nitrogen and oxygen atoms in total. The summed E-state index contributed by atoms with van der Waals surface area (Å²) >= 11 is 5.79. The maximum atomic E-state index is 13.0. The van der Waals surface area contributed by atoms with Crippen LogP contribution in [0.4, 0.5) is 4.39 Å². The molecule has 6 heteroatoms. The van der Waals surface area contributed by atoms with Crippen LogP contribution in [0.5, 0.6) is 0 Å². The molecule has 1 saturated heterocycles. The molecule has 1 aromatic carbocycles. The quantitative estimate of drug-likeness (QED) is 0.803. The van der Waals surface area contributed by atoms with Crippen molar-refractivity contribution in [3.8, 4) is 0 Å². The highest BCUT2D eigenvalue weighted by molar-refractivity contribution is 7.89. The molecule has 18 heavy (non-hydrogen) atoms. The van der Waals surface area contributed by atoms with E-state index < -0.39 is 15.8 Å². The highest BCUT2D eigenvalue weighted by Crippen LogP contribution is 2.28. The highest BCUT2D eigenvalue weighted by atomic mass is 35.5. The lowest BCUT2D eigenvalue weighted by atomic mass is 10.2. The second-order valence-corrected chi connectivity index (χ2v) is 6.64. The third-order valence-electron chi connectivity index (χ3n) is 3.22. The molecule has 0 amide bonds. The van der Waals surface area contributed by atoms with Gasteiger partial charge >= 0.3 is 0 Å². The fraction of sp³-hybridized carbons (Fsp3) is 0.500. The summed E-state index contributed by atoms with van der Waals surface area (Å²) in [7, 11) is -3.57. The minimum absolute atomic E-state index is 0.152. The fourth-order valence-electron chi connectivity index (χ4n) is 2.31. The molecular formula is C12H15ClFNO2S. The zero-order valence-electron chi connectivity index (χ0n) is 10.1. The molecule has 100 valence electrons. The van der Waals surface area contributed by atoms with Gasteiger partial charge in [-0.05, 0) is 43.5 Å². The van der Waals surface area contributed by atoms with Crippen LogP contribution in [0.3, 0.4) is 0 Å². The van der Waals surface area contributed by atoms with Crippen LogP contribution in [-0.2, 0) is 10.0 Å². The van der Waals surface area contributed by atoms with Gasteiger partial charge in [-0.1, -0.05) is 0 Å². The first-order valence-corrected chi connectivity index (χ1v) is 7.78. The second kappa shape index (κ2) is 5.15. The fourth-order valence-corrected chi connectivity index (χ4v) is 4.61. The number of halogens is 2. The van der Waals surface area contributed by atoms with Gasteiger partial charge in [0.2, 0.25) is 10.0 Å². The minimum Gasteiger partial charge on any atom is -0.207 e. The van der Waals surface area contributed by atoms with Crippen LogP contribution >= 0.6 is 11.6 Å². The Morgan fingerprint density at radius 2 is 2.22 bits per heavy atom. The second-order valence-electron chi connectivity index (χ2n) is 4.48. The van der Waals surface area contributed by atoms with Gasteiger partial charge in [-0.3, -0.25) is 0 Å². The number of hydrogen-bond acceptors (Lipinski definition) is 2. The standard InChI is InChI=1S/C12H15ClFNO2S/c1-9-7-10(14)4-5-12(9)18(16,17)15-6-2-3-11(15)8-13/h4-5,7,11H,2-3,6,8H2,1H3/t11-/m0/s1. The molecule has 1 fully saturated rings. The molecule has 0 bridgehead atoms. The van der Waals surface area contributed by atoms with Crippen molar-refractivity contribution < 1.29 is 12.8 Å². The average Bonchev–Trinajstić information content (AvgIpc) is 2.76. The maximum absolute atomic E-state index is 13.0. The lowest BCUT2D eigenvalue weighted by molar-refractivity contribution is 0.410. The normalized spacial score (nSPS) is 21.4. The van der Waals surface area contributed by atoms with Gasteiger partial charge in [0.05, 0.1) is 4.90 Å². The molecule has 0 spiro atoms. The Balaban J connectivity index is 2.42. The van der Waals surface area contributed by atoms with E-state index in [4.69, 9.17) is 11.6 Å². The Bertz CT molecular complexity index is 547. The van der Waals surface area contributed by atoms with E-state index >= 15 is 0 Å². The minimum atomic E-state index is -3.57. The molecule has 1 heterocycles. The first-order valence-electron chi connectivity index (χ1n) is 5.81. The average molecular weight is 292 g/mol. The van der Waals surface area contributed by atoms with Crippen molar-refractivity contribution in [2.45, 2.75) is 30.7 Å². The van der Waals surface area contributed by atoms with Crippen LogP contribution in [0, 0.1) is 12.7 Å². The Labute approximate surface area is 112 Å². The largest absolute Gasteiger partial charge is 0.243 e. The third kappa shape index (κ3) is 2.39. The van der Waals surface area contributed by atoms with Crippen LogP contribution < -0.4 is 0 Å². The number of hydrogen-bond donors (Lipinski definition) is 0. The Kier molecular flexibility index (Phi) is 3.94. The van der Waals surface area contributed by atoms with E-state index in [1.807, 2.05) is 0 Å². The predicted octanol–water partition coefficient (Wildman–Crippen LogP) is 2.53. The van der Waals surface area contributed by atoms with Gasteiger partial charge < -0.3 is 0 Å². The summed E-state index contributed by atoms with van der Waals surface area (Å²) in [6, 6.07) is 3.58. The molecule has 0 radical (unpaired) electrons. The monoisotopic (exact) mass is 291 g/mol. The van der Waals surface area contributed by atoms with E-state index in [0.29, 0.717) is 18.0 Å². The van der Waals surface area contributed by atoms with Gasteiger partial charge in [0.25, 0.3) is 0 Å². The Morgan fingerprint density at radius 1 is 1.50 bits per heavy atom. The van der Waals surface area contributed by atoms with Crippen LogP contribution in [0.15, 0.2) is 23.1 Å². The van der Waals surface area contributed by atoms with E-state index in [2.05, 4.69) is 0 Å². The molecule has 0 saturated carbocycles. The number of alkyl halides is 1. The van der Waals surface area contributed by atoms with Gasteiger partial charge in [0, 0.05) is 18.5 Å². The number of sulfonamides is 1. The van der Waals surface area contributed by atoms with Crippen molar-refractivity contribution >= 4 is 21.6 Å². The molecule has 1 aliphatic heterocycles. The lowest BCUT2D eigenvalue weighted by Crippen LogP contribution is -2.36. The van der Waals surface area contributed by atoms with Crippen LogP contribution in [-0.4, -0.2) is 31.2 Å². The van der Waals surface area contributed by atoms with Crippen molar-refractivity contribution in [1.29, 1.82) is 0 Å². The lowest BCUT2D eigenvalue weighted by Gasteiger charge is -2.23. The van der Waals surface area contributed by atoms with Gasteiger partial charge in [-0.15, -0.1) is 11.6 Å². The van der Waals surface area contributed by atoms with Crippen molar-refractivity contribution in [3.05, 3.63) is 29.6 Å². The number of nitrogens with zero attached hydrogens (tertiary/aromatic N) is 1. The van der Waals surface area contributed by atoms with E-state index in [9.17, 15) is 12.8 Å². The first kappa shape index (κ1) is 13.8. The Hall–Kier alpha value is -0.650. The Morgan fingerprint density at radius 3 is 2.83 bits per heavy atom. The summed E-state index contributed by atoms with van der Waals surface area (Å²) < 4.78 is 39.4. The van der Waals surface area contributed by atoms with Gasteiger partial charge in [0.15, 0.2) is 0 Å². The van der Waals surface area contributed by atoms with Gasteiger partial charge in [-0.2, -0.15) is 4.31 Å². The van der Waals surface area contributed by atoms with Gasteiger partial charge in [0.1, 0.15) is 5.82 Å². The topological polar surface area (TPSA) is 37.4 Å². The zero-order chi connectivity index (χ0) is 13.3. The summed E-state index contributed by atoms with van der Waals surface area (Å²) in [5.74, 6) is -0.138. The third-order valence-corrected chi connectivity index (χ3v) is 5.69. The molecule has 1 atom stereocenters. The predicted molar refractivity (Wildman–Crippen MR) is 68.8 cm³/mol. The number of benzene rings is 1.